The molecule has 0 aromatic carbocycles. The summed E-state index contributed by atoms with van der Waals surface area (Å²) >= 11 is 0. The lowest BCUT2D eigenvalue weighted by Gasteiger charge is -1.96. The minimum Gasteiger partial charge on any atom is -0.256 e. The minimum atomic E-state index is 0.604. The standard InChI is InChI=1S/C18H13N7/c1-12-4-2-6-17-20-15(23-25(12)17)7-8-16-21-18-13-5-3-10-19-14(13)9-11-24(18)22-16/h2-11H,1H3. The molecule has 0 N–H and O–H groups in total. The molecule has 5 aromatic heterocycles. The Morgan fingerprint density at radius 3 is 2.68 bits per heavy atom. The second-order valence-corrected chi connectivity index (χ2v) is 5.73. The third kappa shape index (κ3) is 2.25. The fraction of sp³-hybridized carbons (Fsp3) is 0.0556. The van der Waals surface area contributed by atoms with Crippen LogP contribution in [0, 0.1) is 6.92 Å². The van der Waals surface area contributed by atoms with Gasteiger partial charge in [0.2, 0.25) is 0 Å². The Bertz CT molecular complexity index is 1260. The van der Waals surface area contributed by atoms with Crippen LogP contribution in [0.1, 0.15) is 17.3 Å². The topological polar surface area (TPSA) is 73.3 Å². The van der Waals surface area contributed by atoms with Gasteiger partial charge in [0.15, 0.2) is 22.9 Å². The van der Waals surface area contributed by atoms with Crippen molar-refractivity contribution < 1.29 is 0 Å². The summed E-state index contributed by atoms with van der Waals surface area (Å²) in [5.41, 5.74) is 3.54. The molecule has 7 nitrogen and oxygen atoms in total. The molecule has 25 heavy (non-hydrogen) atoms. The molecule has 0 bridgehead atoms. The van der Waals surface area contributed by atoms with Crippen molar-refractivity contribution >= 4 is 34.3 Å². The van der Waals surface area contributed by atoms with Crippen molar-refractivity contribution in [2.24, 2.45) is 0 Å². The molecule has 0 fully saturated rings. The number of aryl methyl sites for hydroxylation is 1. The van der Waals surface area contributed by atoms with Crippen LogP contribution in [-0.2, 0) is 0 Å². The maximum Gasteiger partial charge on any atom is 0.175 e. The highest BCUT2D eigenvalue weighted by atomic mass is 15.3. The summed E-state index contributed by atoms with van der Waals surface area (Å²) in [6.07, 6.45) is 7.27. The van der Waals surface area contributed by atoms with Gasteiger partial charge in [0.1, 0.15) is 0 Å². The molecule has 0 aliphatic heterocycles. The first kappa shape index (κ1) is 13.8. The second-order valence-electron chi connectivity index (χ2n) is 5.73. The predicted molar refractivity (Wildman–Crippen MR) is 94.9 cm³/mol. The maximum absolute atomic E-state index is 4.59. The van der Waals surface area contributed by atoms with Gasteiger partial charge in [-0.05, 0) is 49.4 Å². The fourth-order valence-electron chi connectivity index (χ4n) is 2.85. The highest BCUT2D eigenvalue weighted by Crippen LogP contribution is 2.16. The molecule has 0 saturated heterocycles. The van der Waals surface area contributed by atoms with E-state index in [1.165, 1.54) is 0 Å². The fourth-order valence-corrected chi connectivity index (χ4v) is 2.85. The van der Waals surface area contributed by atoms with Crippen LogP contribution in [0.3, 0.4) is 0 Å². The zero-order valence-electron chi connectivity index (χ0n) is 13.4. The van der Waals surface area contributed by atoms with E-state index >= 15 is 0 Å². The van der Waals surface area contributed by atoms with Crippen LogP contribution < -0.4 is 0 Å². The van der Waals surface area contributed by atoms with Crippen molar-refractivity contribution in [3.63, 3.8) is 0 Å². The van der Waals surface area contributed by atoms with Crippen LogP contribution >= 0.6 is 0 Å². The lowest BCUT2D eigenvalue weighted by atomic mass is 10.2. The Morgan fingerprint density at radius 1 is 0.920 bits per heavy atom. The van der Waals surface area contributed by atoms with E-state index in [0.29, 0.717) is 11.6 Å². The van der Waals surface area contributed by atoms with Crippen molar-refractivity contribution in [3.05, 3.63) is 66.1 Å². The molecule has 0 aliphatic carbocycles. The van der Waals surface area contributed by atoms with E-state index in [1.54, 1.807) is 10.7 Å². The first-order valence-electron chi connectivity index (χ1n) is 7.88. The zero-order valence-corrected chi connectivity index (χ0v) is 13.4. The third-order valence-electron chi connectivity index (χ3n) is 4.05. The van der Waals surface area contributed by atoms with Gasteiger partial charge >= 0.3 is 0 Å². The lowest BCUT2D eigenvalue weighted by molar-refractivity contribution is 0.909. The van der Waals surface area contributed by atoms with E-state index in [2.05, 4.69) is 25.1 Å². The molecule has 0 radical (unpaired) electrons. The number of aromatic nitrogens is 7. The highest BCUT2D eigenvalue weighted by Gasteiger charge is 2.07. The van der Waals surface area contributed by atoms with Gasteiger partial charge in [0.25, 0.3) is 0 Å². The molecule has 0 spiro atoms. The summed E-state index contributed by atoms with van der Waals surface area (Å²) in [7, 11) is 0. The number of pyridine rings is 3. The van der Waals surface area contributed by atoms with E-state index in [0.717, 1.165) is 27.9 Å². The van der Waals surface area contributed by atoms with Crippen molar-refractivity contribution in [3.8, 4) is 0 Å². The number of hydrogen-bond acceptors (Lipinski definition) is 5. The monoisotopic (exact) mass is 327 g/mol. The number of hydrogen-bond donors (Lipinski definition) is 0. The van der Waals surface area contributed by atoms with Gasteiger partial charge in [0, 0.05) is 23.5 Å². The predicted octanol–water partition coefficient (Wildman–Crippen LogP) is 2.80. The SMILES string of the molecule is Cc1cccc2nc(C=Cc3nc4c5cccnc5ccn4n3)nn12. The molecule has 0 saturated carbocycles. The van der Waals surface area contributed by atoms with Crippen LogP contribution in [0.4, 0.5) is 0 Å². The smallest absolute Gasteiger partial charge is 0.175 e. The third-order valence-corrected chi connectivity index (χ3v) is 4.05. The highest BCUT2D eigenvalue weighted by molar-refractivity contribution is 5.91. The molecule has 0 unspecified atom stereocenters. The van der Waals surface area contributed by atoms with Crippen LogP contribution in [0.15, 0.2) is 48.8 Å². The summed E-state index contributed by atoms with van der Waals surface area (Å²) in [6.45, 7) is 2.00. The van der Waals surface area contributed by atoms with Gasteiger partial charge in [-0.25, -0.2) is 19.0 Å². The average molecular weight is 327 g/mol. The summed E-state index contributed by atoms with van der Waals surface area (Å²) in [6, 6.07) is 11.7. The van der Waals surface area contributed by atoms with Gasteiger partial charge in [-0.1, -0.05) is 6.07 Å². The molecule has 5 rings (SSSR count). The molecule has 5 heterocycles. The van der Waals surface area contributed by atoms with Crippen molar-refractivity contribution in [2.45, 2.75) is 6.92 Å². The maximum atomic E-state index is 4.59. The number of rotatable bonds is 2. The zero-order chi connectivity index (χ0) is 16.8. The van der Waals surface area contributed by atoms with Gasteiger partial charge < -0.3 is 0 Å². The number of nitrogens with zero attached hydrogens (tertiary/aromatic N) is 7. The first-order valence-corrected chi connectivity index (χ1v) is 7.88. The van der Waals surface area contributed by atoms with Crippen molar-refractivity contribution in [2.75, 3.05) is 0 Å². The quantitative estimate of drug-likeness (QED) is 0.498. The summed E-state index contributed by atoms with van der Waals surface area (Å²) in [4.78, 5) is 13.4. The Kier molecular flexibility index (Phi) is 2.87. The van der Waals surface area contributed by atoms with Crippen molar-refractivity contribution in [1.82, 2.24) is 34.2 Å². The van der Waals surface area contributed by atoms with E-state index in [-0.39, 0.29) is 0 Å². The van der Waals surface area contributed by atoms with Crippen LogP contribution in [-0.4, -0.2) is 34.2 Å². The second kappa shape index (κ2) is 5.20. The summed E-state index contributed by atoms with van der Waals surface area (Å²) in [5.74, 6) is 1.23. The molecular formula is C18H13N7. The van der Waals surface area contributed by atoms with Gasteiger partial charge in [-0.2, -0.15) is 0 Å². The largest absolute Gasteiger partial charge is 0.256 e. The normalized spacial score (nSPS) is 12.0. The Morgan fingerprint density at radius 2 is 1.80 bits per heavy atom. The van der Waals surface area contributed by atoms with Gasteiger partial charge in [-0.15, -0.1) is 10.2 Å². The molecule has 0 atom stereocenters. The lowest BCUT2D eigenvalue weighted by Crippen LogP contribution is -1.91. The van der Waals surface area contributed by atoms with Crippen LogP contribution in [0.5, 0.6) is 0 Å². The Balaban J connectivity index is 1.57. The van der Waals surface area contributed by atoms with Crippen LogP contribution in [0.2, 0.25) is 0 Å². The van der Waals surface area contributed by atoms with Crippen molar-refractivity contribution in [1.29, 1.82) is 0 Å². The molecule has 120 valence electrons. The average Bonchev–Trinajstić information content (AvgIpc) is 3.24. The number of fused-ring (bicyclic) bond motifs is 4. The Labute approximate surface area is 142 Å². The van der Waals surface area contributed by atoms with E-state index in [4.69, 9.17) is 0 Å². The summed E-state index contributed by atoms with van der Waals surface area (Å²) < 4.78 is 3.57. The first-order chi connectivity index (χ1) is 12.3. The molecule has 7 heteroatoms. The molecule has 0 aliphatic rings. The van der Waals surface area contributed by atoms with Gasteiger partial charge in [0.05, 0.1) is 5.52 Å². The van der Waals surface area contributed by atoms with Gasteiger partial charge in [-0.3, -0.25) is 4.98 Å². The molecule has 5 aromatic rings. The van der Waals surface area contributed by atoms with Crippen LogP contribution in [0.25, 0.3) is 34.3 Å². The summed E-state index contributed by atoms with van der Waals surface area (Å²) in [5, 5.41) is 9.93. The van der Waals surface area contributed by atoms with E-state index in [9.17, 15) is 0 Å². The molecule has 0 amide bonds. The Hall–Kier alpha value is -3.61. The van der Waals surface area contributed by atoms with E-state index < -0.39 is 0 Å². The minimum absolute atomic E-state index is 0.604. The molecular weight excluding hydrogens is 314 g/mol. The van der Waals surface area contributed by atoms with E-state index in [1.807, 2.05) is 66.2 Å².